The summed E-state index contributed by atoms with van der Waals surface area (Å²) in [4.78, 5) is 20.6. The molecule has 4 rings (SSSR count). The first kappa shape index (κ1) is 23.1. The fraction of sp³-hybridized carbons (Fsp3) is 0.522. The molecule has 1 aromatic carbocycles. The summed E-state index contributed by atoms with van der Waals surface area (Å²) < 4.78 is 28.2. The van der Waals surface area contributed by atoms with Gasteiger partial charge in [0.05, 0.1) is 0 Å². The average molecular weight is 479 g/mol. The number of piperidine rings is 1. The SMILES string of the molecule is Cc1[nH]c(C(=O)N2CCN(c3ccc(Cl)cc3)CC2)c(C)c1S(=O)(=O)N1CCC(C)CC1. The summed E-state index contributed by atoms with van der Waals surface area (Å²) in [5.41, 5.74) is 2.51. The highest BCUT2D eigenvalue weighted by atomic mass is 35.5. The van der Waals surface area contributed by atoms with E-state index in [1.54, 1.807) is 23.1 Å². The minimum absolute atomic E-state index is 0.143. The van der Waals surface area contributed by atoms with Crippen LogP contribution in [-0.4, -0.2) is 67.8 Å². The highest BCUT2D eigenvalue weighted by Gasteiger charge is 2.34. The van der Waals surface area contributed by atoms with Crippen molar-refractivity contribution in [3.05, 3.63) is 46.2 Å². The van der Waals surface area contributed by atoms with Crippen molar-refractivity contribution in [2.24, 2.45) is 5.92 Å². The van der Waals surface area contributed by atoms with Crippen molar-refractivity contribution in [1.82, 2.24) is 14.2 Å². The summed E-state index contributed by atoms with van der Waals surface area (Å²) in [7, 11) is -3.63. The number of halogens is 1. The molecule has 32 heavy (non-hydrogen) atoms. The van der Waals surface area contributed by atoms with Crippen LogP contribution >= 0.6 is 11.6 Å². The van der Waals surface area contributed by atoms with Crippen molar-refractivity contribution in [3.8, 4) is 0 Å². The maximum absolute atomic E-state index is 13.3. The lowest BCUT2D eigenvalue weighted by atomic mass is 10.0. The Hall–Kier alpha value is -2.03. The van der Waals surface area contributed by atoms with Gasteiger partial charge in [-0.2, -0.15) is 4.31 Å². The molecule has 174 valence electrons. The molecule has 0 unspecified atom stereocenters. The van der Waals surface area contributed by atoms with Crippen LogP contribution in [0.4, 0.5) is 5.69 Å². The first-order valence-electron chi connectivity index (χ1n) is 11.2. The number of anilines is 1. The Labute approximate surface area is 195 Å². The summed E-state index contributed by atoms with van der Waals surface area (Å²) in [5.74, 6) is 0.397. The Morgan fingerprint density at radius 3 is 2.19 bits per heavy atom. The number of aryl methyl sites for hydroxylation is 1. The van der Waals surface area contributed by atoms with Crippen LogP contribution in [0.25, 0.3) is 0 Å². The fourth-order valence-electron chi connectivity index (χ4n) is 4.67. The Morgan fingerprint density at radius 1 is 1.00 bits per heavy atom. The van der Waals surface area contributed by atoms with Gasteiger partial charge in [-0.25, -0.2) is 8.42 Å². The van der Waals surface area contributed by atoms with Crippen molar-refractivity contribution >= 4 is 33.2 Å². The van der Waals surface area contributed by atoms with E-state index in [4.69, 9.17) is 11.6 Å². The Bertz CT molecular complexity index is 1080. The van der Waals surface area contributed by atoms with Crippen LogP contribution in [0.5, 0.6) is 0 Å². The number of nitrogens with zero attached hydrogens (tertiary/aromatic N) is 3. The van der Waals surface area contributed by atoms with Crippen molar-refractivity contribution in [1.29, 1.82) is 0 Å². The molecule has 0 aliphatic carbocycles. The highest BCUT2D eigenvalue weighted by molar-refractivity contribution is 7.89. The van der Waals surface area contributed by atoms with Crippen molar-refractivity contribution < 1.29 is 13.2 Å². The topological polar surface area (TPSA) is 76.7 Å². The zero-order valence-electron chi connectivity index (χ0n) is 18.9. The smallest absolute Gasteiger partial charge is 0.270 e. The number of carbonyl (C=O) groups excluding carboxylic acids is 1. The van der Waals surface area contributed by atoms with E-state index in [1.807, 2.05) is 24.3 Å². The van der Waals surface area contributed by atoms with Gasteiger partial charge in [-0.05, 0) is 62.4 Å². The van der Waals surface area contributed by atoms with Crippen molar-refractivity contribution in [3.63, 3.8) is 0 Å². The number of benzene rings is 1. The van der Waals surface area contributed by atoms with E-state index in [0.717, 1.165) is 18.5 Å². The van der Waals surface area contributed by atoms with Gasteiger partial charge in [0, 0.05) is 55.7 Å². The molecular weight excluding hydrogens is 448 g/mol. The van der Waals surface area contributed by atoms with Gasteiger partial charge in [0.25, 0.3) is 5.91 Å². The lowest BCUT2D eigenvalue weighted by molar-refractivity contribution is 0.0740. The summed E-state index contributed by atoms with van der Waals surface area (Å²) in [6, 6.07) is 7.70. The molecule has 0 spiro atoms. The zero-order chi connectivity index (χ0) is 23.0. The molecule has 0 radical (unpaired) electrons. The standard InChI is InChI=1S/C23H31ClN4O3S/c1-16-8-10-28(11-9-16)32(30,31)22-17(2)21(25-18(22)3)23(29)27-14-12-26(13-15-27)20-6-4-19(24)5-7-20/h4-7,16,25H,8-15H2,1-3H3. The molecule has 1 amide bonds. The van der Waals surface area contributed by atoms with Crippen LogP contribution in [0.15, 0.2) is 29.2 Å². The molecular formula is C23H31ClN4O3S. The van der Waals surface area contributed by atoms with Crippen LogP contribution in [0.1, 0.15) is 41.5 Å². The molecule has 2 aliphatic rings. The Kier molecular flexibility index (Phi) is 6.56. The van der Waals surface area contributed by atoms with E-state index in [1.165, 1.54) is 0 Å². The number of hydrogen-bond donors (Lipinski definition) is 1. The number of H-pyrrole nitrogens is 1. The van der Waals surface area contributed by atoms with Gasteiger partial charge in [0.1, 0.15) is 10.6 Å². The van der Waals surface area contributed by atoms with Gasteiger partial charge in [-0.3, -0.25) is 4.79 Å². The quantitative estimate of drug-likeness (QED) is 0.727. The molecule has 1 aromatic heterocycles. The lowest BCUT2D eigenvalue weighted by Gasteiger charge is -2.36. The molecule has 0 atom stereocenters. The average Bonchev–Trinajstić information content (AvgIpc) is 3.08. The van der Waals surface area contributed by atoms with E-state index in [-0.39, 0.29) is 10.8 Å². The predicted octanol–water partition coefficient (Wildman–Crippen LogP) is 3.67. The maximum Gasteiger partial charge on any atom is 0.270 e. The third-order valence-electron chi connectivity index (χ3n) is 6.68. The summed E-state index contributed by atoms with van der Waals surface area (Å²) in [5, 5.41) is 0.699. The molecule has 1 N–H and O–H groups in total. The van der Waals surface area contributed by atoms with Crippen LogP contribution in [-0.2, 0) is 10.0 Å². The molecule has 2 saturated heterocycles. The molecule has 2 aromatic rings. The van der Waals surface area contributed by atoms with E-state index in [2.05, 4.69) is 16.8 Å². The minimum atomic E-state index is -3.63. The van der Waals surface area contributed by atoms with E-state index >= 15 is 0 Å². The van der Waals surface area contributed by atoms with Gasteiger partial charge in [0.2, 0.25) is 10.0 Å². The number of piperazine rings is 1. The largest absolute Gasteiger partial charge is 0.368 e. The summed E-state index contributed by atoms with van der Waals surface area (Å²) in [6.07, 6.45) is 1.73. The zero-order valence-corrected chi connectivity index (χ0v) is 20.5. The van der Waals surface area contributed by atoms with Crippen molar-refractivity contribution in [2.75, 3.05) is 44.2 Å². The molecule has 3 heterocycles. The lowest BCUT2D eigenvalue weighted by Crippen LogP contribution is -2.49. The van der Waals surface area contributed by atoms with Crippen LogP contribution < -0.4 is 4.90 Å². The first-order chi connectivity index (χ1) is 15.2. The molecule has 0 saturated carbocycles. The second-order valence-corrected chi connectivity index (χ2v) is 11.2. The number of hydrogen-bond acceptors (Lipinski definition) is 4. The number of amides is 1. The molecule has 9 heteroatoms. The summed E-state index contributed by atoms with van der Waals surface area (Å²) in [6.45, 7) is 9.26. The normalized spacial score (nSPS) is 18.9. The third kappa shape index (κ3) is 4.40. The monoisotopic (exact) mass is 478 g/mol. The third-order valence-corrected chi connectivity index (χ3v) is 9.11. The Balaban J connectivity index is 1.49. The number of nitrogens with one attached hydrogen (secondary N) is 1. The van der Waals surface area contributed by atoms with Gasteiger partial charge in [-0.1, -0.05) is 18.5 Å². The minimum Gasteiger partial charge on any atom is -0.368 e. The second kappa shape index (κ2) is 9.08. The maximum atomic E-state index is 13.3. The summed E-state index contributed by atoms with van der Waals surface area (Å²) >= 11 is 5.98. The second-order valence-electron chi connectivity index (χ2n) is 8.92. The van der Waals surface area contributed by atoms with Crippen LogP contribution in [0.2, 0.25) is 5.02 Å². The molecule has 2 fully saturated rings. The number of rotatable bonds is 4. The number of aromatic nitrogens is 1. The number of sulfonamides is 1. The van der Waals surface area contributed by atoms with Crippen LogP contribution in [0, 0.1) is 19.8 Å². The van der Waals surface area contributed by atoms with Crippen molar-refractivity contribution in [2.45, 2.75) is 38.5 Å². The van der Waals surface area contributed by atoms with E-state index < -0.39 is 10.0 Å². The van der Waals surface area contributed by atoms with Gasteiger partial charge < -0.3 is 14.8 Å². The van der Waals surface area contributed by atoms with E-state index in [9.17, 15) is 13.2 Å². The van der Waals surface area contributed by atoms with E-state index in [0.29, 0.717) is 67.2 Å². The highest BCUT2D eigenvalue weighted by Crippen LogP contribution is 2.30. The number of carbonyl (C=O) groups is 1. The van der Waals surface area contributed by atoms with Gasteiger partial charge >= 0.3 is 0 Å². The van der Waals surface area contributed by atoms with Gasteiger partial charge in [0.15, 0.2) is 0 Å². The molecule has 7 nitrogen and oxygen atoms in total. The molecule has 2 aliphatic heterocycles. The molecule has 0 bridgehead atoms. The first-order valence-corrected chi connectivity index (χ1v) is 13.0. The van der Waals surface area contributed by atoms with Crippen LogP contribution in [0.3, 0.4) is 0 Å². The predicted molar refractivity (Wildman–Crippen MR) is 127 cm³/mol. The van der Waals surface area contributed by atoms with Gasteiger partial charge in [-0.15, -0.1) is 0 Å². The number of aromatic amines is 1. The Morgan fingerprint density at radius 2 is 1.59 bits per heavy atom. The fourth-order valence-corrected chi connectivity index (χ4v) is 6.67.